The Morgan fingerprint density at radius 1 is 1.31 bits per heavy atom. The Bertz CT molecular complexity index is 526. The first-order valence-corrected chi connectivity index (χ1v) is 5.66. The highest BCUT2D eigenvalue weighted by Gasteiger charge is 2.07. The van der Waals surface area contributed by atoms with Gasteiger partial charge in [0.15, 0.2) is 0 Å². The smallest absolute Gasteiger partial charge is 0.0491 e. The van der Waals surface area contributed by atoms with Gasteiger partial charge in [0.25, 0.3) is 0 Å². The van der Waals surface area contributed by atoms with E-state index in [1.807, 2.05) is 0 Å². The summed E-state index contributed by atoms with van der Waals surface area (Å²) in [6.07, 6.45) is 2.80. The van der Waals surface area contributed by atoms with Gasteiger partial charge in [-0.15, -0.1) is 0 Å². The minimum absolute atomic E-state index is 1.06. The second-order valence-corrected chi connectivity index (χ2v) is 3.96. The third kappa shape index (κ3) is 1.69. The SMILES string of the molecule is C=CNc1c(C)c(CC)cc2ccccc12. The maximum absolute atomic E-state index is 3.75. The van der Waals surface area contributed by atoms with Crippen LogP contribution in [0.4, 0.5) is 5.69 Å². The van der Waals surface area contributed by atoms with Crippen LogP contribution in [0.5, 0.6) is 0 Å². The Morgan fingerprint density at radius 2 is 2.06 bits per heavy atom. The highest BCUT2D eigenvalue weighted by Crippen LogP contribution is 2.30. The molecule has 2 aromatic carbocycles. The lowest BCUT2D eigenvalue weighted by atomic mass is 9.97. The molecule has 16 heavy (non-hydrogen) atoms. The number of aryl methyl sites for hydroxylation is 1. The lowest BCUT2D eigenvalue weighted by molar-refractivity contribution is 1.12. The van der Waals surface area contributed by atoms with E-state index in [0.29, 0.717) is 0 Å². The van der Waals surface area contributed by atoms with Crippen LogP contribution in [0.2, 0.25) is 0 Å². The minimum Gasteiger partial charge on any atom is -0.362 e. The number of benzene rings is 2. The first kappa shape index (κ1) is 10.7. The number of rotatable bonds is 3. The van der Waals surface area contributed by atoms with E-state index in [2.05, 4.69) is 56.1 Å². The molecule has 0 aliphatic heterocycles. The van der Waals surface area contributed by atoms with Crippen LogP contribution in [0.1, 0.15) is 18.1 Å². The Balaban J connectivity index is 2.79. The molecule has 0 amide bonds. The third-order valence-electron chi connectivity index (χ3n) is 3.04. The van der Waals surface area contributed by atoms with Gasteiger partial charge in [-0.25, -0.2) is 0 Å². The summed E-state index contributed by atoms with van der Waals surface area (Å²) < 4.78 is 0. The molecule has 2 aromatic rings. The fourth-order valence-electron chi connectivity index (χ4n) is 2.16. The van der Waals surface area contributed by atoms with E-state index in [9.17, 15) is 0 Å². The lowest BCUT2D eigenvalue weighted by Gasteiger charge is -2.14. The Kier molecular flexibility index (Phi) is 2.95. The van der Waals surface area contributed by atoms with Gasteiger partial charge in [-0.3, -0.25) is 0 Å². The summed E-state index contributed by atoms with van der Waals surface area (Å²) in [5.41, 5.74) is 3.90. The maximum atomic E-state index is 3.75. The highest BCUT2D eigenvalue weighted by atomic mass is 14.8. The molecule has 0 heterocycles. The first-order valence-electron chi connectivity index (χ1n) is 5.66. The van der Waals surface area contributed by atoms with Gasteiger partial charge in [-0.05, 0) is 36.1 Å². The summed E-state index contributed by atoms with van der Waals surface area (Å²) in [6.45, 7) is 8.10. The molecule has 1 heteroatoms. The summed E-state index contributed by atoms with van der Waals surface area (Å²) in [6, 6.07) is 10.7. The molecular weight excluding hydrogens is 194 g/mol. The Labute approximate surface area is 96.8 Å². The van der Waals surface area contributed by atoms with Crippen molar-refractivity contribution in [3.63, 3.8) is 0 Å². The van der Waals surface area contributed by atoms with Crippen molar-refractivity contribution in [2.45, 2.75) is 20.3 Å². The van der Waals surface area contributed by atoms with E-state index in [-0.39, 0.29) is 0 Å². The lowest BCUT2D eigenvalue weighted by Crippen LogP contribution is -1.96. The van der Waals surface area contributed by atoms with Crippen molar-refractivity contribution in [1.82, 2.24) is 0 Å². The molecule has 2 rings (SSSR count). The first-order chi connectivity index (χ1) is 7.77. The quantitative estimate of drug-likeness (QED) is 0.799. The van der Waals surface area contributed by atoms with E-state index in [4.69, 9.17) is 0 Å². The molecular formula is C15H17N. The van der Waals surface area contributed by atoms with Crippen LogP contribution in [0.3, 0.4) is 0 Å². The van der Waals surface area contributed by atoms with Gasteiger partial charge in [0.2, 0.25) is 0 Å². The number of hydrogen-bond donors (Lipinski definition) is 1. The van der Waals surface area contributed by atoms with Crippen LogP contribution in [-0.2, 0) is 6.42 Å². The molecule has 0 bridgehead atoms. The summed E-state index contributed by atoms with van der Waals surface area (Å²) in [7, 11) is 0. The Hall–Kier alpha value is -1.76. The van der Waals surface area contributed by atoms with Crippen LogP contribution < -0.4 is 5.32 Å². The monoisotopic (exact) mass is 211 g/mol. The van der Waals surface area contributed by atoms with Gasteiger partial charge in [0, 0.05) is 11.1 Å². The molecule has 82 valence electrons. The second-order valence-electron chi connectivity index (χ2n) is 3.96. The average molecular weight is 211 g/mol. The molecule has 0 fully saturated rings. The summed E-state index contributed by atoms with van der Waals surface area (Å²) in [5.74, 6) is 0. The Morgan fingerprint density at radius 3 is 2.75 bits per heavy atom. The van der Waals surface area contributed by atoms with Crippen molar-refractivity contribution in [3.8, 4) is 0 Å². The molecule has 0 aromatic heterocycles. The van der Waals surface area contributed by atoms with E-state index >= 15 is 0 Å². The summed E-state index contributed by atoms with van der Waals surface area (Å²) >= 11 is 0. The van der Waals surface area contributed by atoms with Crippen molar-refractivity contribution < 1.29 is 0 Å². The van der Waals surface area contributed by atoms with Crippen molar-refractivity contribution in [2.24, 2.45) is 0 Å². The third-order valence-corrected chi connectivity index (χ3v) is 3.04. The van der Waals surface area contributed by atoms with Gasteiger partial charge >= 0.3 is 0 Å². The van der Waals surface area contributed by atoms with Gasteiger partial charge in [0.05, 0.1) is 0 Å². The van der Waals surface area contributed by atoms with Gasteiger partial charge in [0.1, 0.15) is 0 Å². The predicted molar refractivity (Wildman–Crippen MR) is 71.9 cm³/mol. The minimum atomic E-state index is 1.06. The van der Waals surface area contributed by atoms with Crippen LogP contribution in [0.15, 0.2) is 43.1 Å². The maximum Gasteiger partial charge on any atom is 0.0491 e. The van der Waals surface area contributed by atoms with Crippen LogP contribution in [0.25, 0.3) is 10.8 Å². The number of anilines is 1. The zero-order chi connectivity index (χ0) is 11.5. The predicted octanol–water partition coefficient (Wildman–Crippen LogP) is 4.27. The molecule has 0 atom stereocenters. The van der Waals surface area contributed by atoms with Gasteiger partial charge in [-0.1, -0.05) is 43.8 Å². The molecule has 0 radical (unpaired) electrons. The standard InChI is InChI=1S/C15H17N/c1-4-12-10-13-8-6-7-9-14(13)15(11(12)3)16-5-2/h5-10,16H,2,4H2,1,3H3. The molecule has 0 unspecified atom stereocenters. The topological polar surface area (TPSA) is 12.0 Å². The van der Waals surface area contributed by atoms with E-state index in [1.165, 1.54) is 27.6 Å². The van der Waals surface area contributed by atoms with E-state index < -0.39 is 0 Å². The van der Waals surface area contributed by atoms with Gasteiger partial charge < -0.3 is 5.32 Å². The van der Waals surface area contributed by atoms with Crippen molar-refractivity contribution in [1.29, 1.82) is 0 Å². The zero-order valence-electron chi connectivity index (χ0n) is 9.88. The average Bonchev–Trinajstić information content (AvgIpc) is 2.32. The highest BCUT2D eigenvalue weighted by molar-refractivity contribution is 5.96. The van der Waals surface area contributed by atoms with Crippen molar-refractivity contribution >= 4 is 16.5 Å². The van der Waals surface area contributed by atoms with Crippen molar-refractivity contribution in [3.05, 3.63) is 54.2 Å². The number of hydrogen-bond acceptors (Lipinski definition) is 1. The molecule has 1 nitrogen and oxygen atoms in total. The van der Waals surface area contributed by atoms with Crippen LogP contribution >= 0.6 is 0 Å². The number of nitrogens with one attached hydrogen (secondary N) is 1. The zero-order valence-corrected chi connectivity index (χ0v) is 9.88. The molecule has 0 aliphatic rings. The summed E-state index contributed by atoms with van der Waals surface area (Å²) in [4.78, 5) is 0. The fraction of sp³-hybridized carbons (Fsp3) is 0.200. The normalized spacial score (nSPS) is 10.4. The molecule has 0 aliphatic carbocycles. The molecule has 0 saturated carbocycles. The second kappa shape index (κ2) is 4.40. The van der Waals surface area contributed by atoms with Crippen LogP contribution in [0, 0.1) is 6.92 Å². The molecule has 0 spiro atoms. The van der Waals surface area contributed by atoms with E-state index in [1.54, 1.807) is 6.20 Å². The van der Waals surface area contributed by atoms with E-state index in [0.717, 1.165) is 6.42 Å². The molecule has 0 saturated heterocycles. The molecule has 1 N–H and O–H groups in total. The summed E-state index contributed by atoms with van der Waals surface area (Å²) in [5, 5.41) is 5.80. The largest absolute Gasteiger partial charge is 0.362 e. The fourth-order valence-corrected chi connectivity index (χ4v) is 2.16. The number of fused-ring (bicyclic) bond motifs is 1. The van der Waals surface area contributed by atoms with Gasteiger partial charge in [-0.2, -0.15) is 0 Å². The van der Waals surface area contributed by atoms with Crippen LogP contribution in [-0.4, -0.2) is 0 Å². The van der Waals surface area contributed by atoms with Crippen molar-refractivity contribution in [2.75, 3.05) is 5.32 Å².